The molecular weight excluding hydrogens is 330 g/mol. The summed E-state index contributed by atoms with van der Waals surface area (Å²) in [4.78, 5) is 12.1. The van der Waals surface area contributed by atoms with Crippen LogP contribution in [0.25, 0.3) is 0 Å². The Balaban J connectivity index is 2.10. The second-order valence-electron chi connectivity index (χ2n) is 6.00. The third-order valence-corrected chi connectivity index (χ3v) is 5.65. The van der Waals surface area contributed by atoms with Crippen LogP contribution in [0.1, 0.15) is 30.6 Å². The maximum atomic E-state index is 12.7. The lowest BCUT2D eigenvalue weighted by Crippen LogP contribution is -2.48. The van der Waals surface area contributed by atoms with Crippen LogP contribution in [0, 0.1) is 0 Å². The fourth-order valence-electron chi connectivity index (χ4n) is 2.66. The summed E-state index contributed by atoms with van der Waals surface area (Å²) in [5, 5.41) is 2.74. The minimum Gasteiger partial charge on any atom is -0.373 e. The van der Waals surface area contributed by atoms with Crippen molar-refractivity contribution >= 4 is 15.9 Å². The summed E-state index contributed by atoms with van der Waals surface area (Å²) in [7, 11) is -3.59. The van der Waals surface area contributed by atoms with E-state index >= 15 is 0 Å². The summed E-state index contributed by atoms with van der Waals surface area (Å²) in [5.74, 6) is -0.235. The Bertz CT molecular complexity index is 650. The van der Waals surface area contributed by atoms with Gasteiger partial charge in [0.2, 0.25) is 10.0 Å². The molecule has 1 aromatic rings. The van der Waals surface area contributed by atoms with Crippen molar-refractivity contribution in [3.8, 4) is 0 Å². The van der Waals surface area contributed by atoms with Crippen LogP contribution in [0.2, 0.25) is 0 Å². The summed E-state index contributed by atoms with van der Waals surface area (Å²) >= 11 is 0. The number of hydrogen-bond acceptors (Lipinski definition) is 5. The number of carbonyl (C=O) groups is 1. The smallest absolute Gasteiger partial charge is 0.251 e. The first-order valence-corrected chi connectivity index (χ1v) is 9.52. The van der Waals surface area contributed by atoms with E-state index in [4.69, 9.17) is 10.5 Å². The molecule has 0 bridgehead atoms. The highest BCUT2D eigenvalue weighted by Crippen LogP contribution is 2.21. The van der Waals surface area contributed by atoms with Crippen LogP contribution in [0.15, 0.2) is 29.2 Å². The molecule has 3 N–H and O–H groups in total. The molecule has 2 atom stereocenters. The topological polar surface area (TPSA) is 102 Å². The summed E-state index contributed by atoms with van der Waals surface area (Å²) in [6, 6.07) is 5.99. The normalized spacial score (nSPS) is 22.3. The van der Waals surface area contributed by atoms with Gasteiger partial charge in [-0.05, 0) is 51.1 Å². The Morgan fingerprint density at radius 3 is 2.38 bits per heavy atom. The maximum Gasteiger partial charge on any atom is 0.251 e. The lowest BCUT2D eigenvalue weighted by molar-refractivity contribution is -0.0440. The number of nitrogens with two attached hydrogens (primary N) is 1. The predicted octanol–water partition coefficient (Wildman–Crippen LogP) is 0.563. The van der Waals surface area contributed by atoms with Gasteiger partial charge in [0.05, 0.1) is 17.1 Å². The van der Waals surface area contributed by atoms with E-state index in [0.717, 1.165) is 0 Å². The molecule has 2 unspecified atom stereocenters. The van der Waals surface area contributed by atoms with Gasteiger partial charge < -0.3 is 15.8 Å². The van der Waals surface area contributed by atoms with Crippen molar-refractivity contribution in [2.24, 2.45) is 5.73 Å². The molecule has 0 radical (unpaired) electrons. The first-order valence-electron chi connectivity index (χ1n) is 8.08. The van der Waals surface area contributed by atoms with Gasteiger partial charge >= 0.3 is 0 Å². The van der Waals surface area contributed by atoms with Crippen LogP contribution in [0.4, 0.5) is 0 Å². The molecule has 24 heavy (non-hydrogen) atoms. The molecule has 0 saturated carbocycles. The molecule has 1 heterocycles. The van der Waals surface area contributed by atoms with Gasteiger partial charge in [0.1, 0.15) is 0 Å². The lowest BCUT2D eigenvalue weighted by atomic mass is 10.2. The molecule has 1 aliphatic rings. The van der Waals surface area contributed by atoms with Gasteiger partial charge in [-0.15, -0.1) is 0 Å². The second-order valence-corrected chi connectivity index (χ2v) is 7.94. The molecule has 1 amide bonds. The third-order valence-electron chi connectivity index (χ3n) is 3.81. The number of amides is 1. The monoisotopic (exact) mass is 355 g/mol. The molecule has 1 fully saturated rings. The number of rotatable bonds is 6. The Morgan fingerprint density at radius 1 is 1.25 bits per heavy atom. The average molecular weight is 355 g/mol. The first-order chi connectivity index (χ1) is 11.3. The molecule has 1 saturated heterocycles. The maximum absolute atomic E-state index is 12.7. The molecule has 0 aromatic heterocycles. The molecule has 0 spiro atoms. The minimum absolute atomic E-state index is 0.142. The van der Waals surface area contributed by atoms with Gasteiger partial charge in [-0.25, -0.2) is 8.42 Å². The number of ether oxygens (including phenoxy) is 1. The Labute approximate surface area is 143 Å². The van der Waals surface area contributed by atoms with E-state index in [9.17, 15) is 13.2 Å². The molecule has 7 nitrogen and oxygen atoms in total. The van der Waals surface area contributed by atoms with Gasteiger partial charge in [-0.1, -0.05) is 0 Å². The Hall–Kier alpha value is -1.48. The number of sulfonamides is 1. The van der Waals surface area contributed by atoms with Gasteiger partial charge in [0.25, 0.3) is 5.91 Å². The average Bonchev–Trinajstić information content (AvgIpc) is 2.54. The van der Waals surface area contributed by atoms with E-state index < -0.39 is 10.0 Å². The van der Waals surface area contributed by atoms with Crippen LogP contribution < -0.4 is 11.1 Å². The number of benzene rings is 1. The number of carbonyl (C=O) groups excluding carboxylic acids is 1. The van der Waals surface area contributed by atoms with E-state index in [2.05, 4.69) is 5.32 Å². The molecule has 8 heteroatoms. The van der Waals surface area contributed by atoms with Crippen molar-refractivity contribution in [3.63, 3.8) is 0 Å². The van der Waals surface area contributed by atoms with Gasteiger partial charge in [-0.2, -0.15) is 4.31 Å². The van der Waals surface area contributed by atoms with E-state index in [0.29, 0.717) is 38.2 Å². The van der Waals surface area contributed by atoms with Crippen molar-refractivity contribution < 1.29 is 17.9 Å². The highest BCUT2D eigenvalue weighted by Gasteiger charge is 2.32. The number of nitrogens with one attached hydrogen (secondary N) is 1. The molecule has 134 valence electrons. The Morgan fingerprint density at radius 2 is 1.83 bits per heavy atom. The third kappa shape index (κ3) is 4.54. The van der Waals surface area contributed by atoms with Gasteiger partial charge in [0, 0.05) is 25.2 Å². The van der Waals surface area contributed by atoms with Crippen LogP contribution >= 0.6 is 0 Å². The molecule has 0 aliphatic carbocycles. The van der Waals surface area contributed by atoms with Crippen molar-refractivity contribution in [2.45, 2.75) is 37.4 Å². The van der Waals surface area contributed by atoms with Crippen molar-refractivity contribution in [2.75, 3.05) is 26.2 Å². The zero-order chi connectivity index (χ0) is 17.7. The fourth-order valence-corrected chi connectivity index (χ4v) is 4.25. The highest BCUT2D eigenvalue weighted by molar-refractivity contribution is 7.89. The molecule has 2 rings (SSSR count). The zero-order valence-electron chi connectivity index (χ0n) is 14.1. The number of morpholine rings is 1. The lowest BCUT2D eigenvalue weighted by Gasteiger charge is -2.34. The highest BCUT2D eigenvalue weighted by atomic mass is 32.2. The van der Waals surface area contributed by atoms with E-state index in [-0.39, 0.29) is 23.0 Å². The Kier molecular flexibility index (Phi) is 6.34. The van der Waals surface area contributed by atoms with Crippen molar-refractivity contribution in [1.29, 1.82) is 0 Å². The van der Waals surface area contributed by atoms with Crippen LogP contribution in [0.3, 0.4) is 0 Å². The first kappa shape index (κ1) is 18.9. The number of hydrogen-bond donors (Lipinski definition) is 2. The van der Waals surface area contributed by atoms with E-state index in [1.165, 1.54) is 28.6 Å². The van der Waals surface area contributed by atoms with Crippen molar-refractivity contribution in [3.05, 3.63) is 29.8 Å². The predicted molar refractivity (Wildman–Crippen MR) is 91.2 cm³/mol. The summed E-state index contributed by atoms with van der Waals surface area (Å²) in [5.41, 5.74) is 5.81. The summed E-state index contributed by atoms with van der Waals surface area (Å²) in [6.07, 6.45) is 0.415. The van der Waals surface area contributed by atoms with E-state index in [1.807, 2.05) is 13.8 Å². The van der Waals surface area contributed by atoms with Gasteiger partial charge in [0.15, 0.2) is 0 Å². The van der Waals surface area contributed by atoms with Crippen LogP contribution in [-0.2, 0) is 14.8 Å². The molecular formula is C16H25N3O4S. The number of nitrogens with zero attached hydrogens (tertiary/aromatic N) is 1. The molecule has 1 aliphatic heterocycles. The zero-order valence-corrected chi connectivity index (χ0v) is 14.9. The SMILES string of the molecule is CC1CN(S(=O)(=O)c2ccc(C(=O)NCCCN)cc2)CC(C)O1. The van der Waals surface area contributed by atoms with Crippen molar-refractivity contribution in [1.82, 2.24) is 9.62 Å². The summed E-state index contributed by atoms with van der Waals surface area (Å²) < 4.78 is 32.5. The van der Waals surface area contributed by atoms with Crippen LogP contribution in [0.5, 0.6) is 0 Å². The van der Waals surface area contributed by atoms with Crippen LogP contribution in [-0.4, -0.2) is 57.0 Å². The second kappa shape index (κ2) is 8.06. The standard InChI is InChI=1S/C16H25N3O4S/c1-12-10-19(11-13(2)23-12)24(21,22)15-6-4-14(5-7-15)16(20)18-9-3-8-17/h4-7,12-13H,3,8-11,17H2,1-2H3,(H,18,20). The quantitative estimate of drug-likeness (QED) is 0.726. The fraction of sp³-hybridized carbons (Fsp3) is 0.562. The summed E-state index contributed by atoms with van der Waals surface area (Å²) in [6.45, 7) is 5.37. The largest absolute Gasteiger partial charge is 0.373 e. The van der Waals surface area contributed by atoms with Gasteiger partial charge in [-0.3, -0.25) is 4.79 Å². The van der Waals surface area contributed by atoms with E-state index in [1.54, 1.807) is 0 Å². The molecule has 1 aromatic carbocycles. The minimum atomic E-state index is -3.59.